The number of aryl methyl sites for hydroxylation is 2. The molecule has 0 aliphatic carbocycles. The van der Waals surface area contributed by atoms with E-state index in [1.165, 1.54) is 22.4 Å². The van der Waals surface area contributed by atoms with Crippen LogP contribution >= 0.6 is 0 Å². The number of pyridine rings is 1. The zero-order valence-electron chi connectivity index (χ0n) is 12.2. The molecule has 0 fully saturated rings. The van der Waals surface area contributed by atoms with Crippen molar-refractivity contribution in [2.24, 2.45) is 5.73 Å². The first-order valence-corrected chi connectivity index (χ1v) is 7.18. The summed E-state index contributed by atoms with van der Waals surface area (Å²) in [7, 11) is 0. The summed E-state index contributed by atoms with van der Waals surface area (Å²) < 4.78 is 0. The average molecular weight is 267 g/mol. The number of aromatic nitrogens is 1. The molecule has 0 saturated heterocycles. The normalized spacial score (nSPS) is 14.2. The van der Waals surface area contributed by atoms with E-state index in [0.29, 0.717) is 6.54 Å². The van der Waals surface area contributed by atoms with Crippen LogP contribution in [-0.2, 0) is 19.5 Å². The summed E-state index contributed by atoms with van der Waals surface area (Å²) in [5.74, 6) is 0. The molecule has 0 spiro atoms. The van der Waals surface area contributed by atoms with Gasteiger partial charge in [-0.2, -0.15) is 0 Å². The molecule has 1 aromatic heterocycles. The van der Waals surface area contributed by atoms with Gasteiger partial charge in [-0.15, -0.1) is 0 Å². The maximum absolute atomic E-state index is 5.94. The molecule has 0 unspecified atom stereocenters. The molecule has 0 amide bonds. The minimum Gasteiger partial charge on any atom is -0.366 e. The Morgan fingerprint density at radius 1 is 1.20 bits per heavy atom. The van der Waals surface area contributed by atoms with Crippen LogP contribution in [0, 0.1) is 13.8 Å². The summed E-state index contributed by atoms with van der Waals surface area (Å²) >= 11 is 0. The van der Waals surface area contributed by atoms with Crippen molar-refractivity contribution >= 4 is 5.69 Å². The molecule has 1 aliphatic rings. The average Bonchev–Trinajstić information content (AvgIpc) is 2.46. The van der Waals surface area contributed by atoms with Gasteiger partial charge in [-0.05, 0) is 37.5 Å². The lowest BCUT2D eigenvalue weighted by Crippen LogP contribution is -2.31. The van der Waals surface area contributed by atoms with Crippen molar-refractivity contribution < 1.29 is 0 Å². The fraction of sp³-hybridized carbons (Fsp3) is 0.353. The van der Waals surface area contributed by atoms with E-state index in [2.05, 4.69) is 54.1 Å². The molecule has 2 N–H and O–H groups in total. The van der Waals surface area contributed by atoms with Crippen LogP contribution in [0.1, 0.15) is 28.1 Å². The third-order valence-electron chi connectivity index (χ3n) is 4.11. The van der Waals surface area contributed by atoms with E-state index in [9.17, 15) is 0 Å². The Bertz CT molecular complexity index is 634. The van der Waals surface area contributed by atoms with Gasteiger partial charge in [0.15, 0.2) is 0 Å². The molecule has 104 valence electrons. The largest absolute Gasteiger partial charge is 0.366 e. The fourth-order valence-corrected chi connectivity index (χ4v) is 3.07. The van der Waals surface area contributed by atoms with Crippen molar-refractivity contribution in [3.8, 4) is 0 Å². The second kappa shape index (κ2) is 5.25. The van der Waals surface area contributed by atoms with Gasteiger partial charge in [0.2, 0.25) is 0 Å². The summed E-state index contributed by atoms with van der Waals surface area (Å²) in [4.78, 5) is 6.97. The van der Waals surface area contributed by atoms with Crippen molar-refractivity contribution in [2.75, 3.05) is 11.4 Å². The van der Waals surface area contributed by atoms with E-state index < -0.39 is 0 Å². The monoisotopic (exact) mass is 267 g/mol. The summed E-state index contributed by atoms with van der Waals surface area (Å²) in [6.07, 6.45) is 1.10. The smallest absolute Gasteiger partial charge is 0.0451 e. The maximum Gasteiger partial charge on any atom is 0.0451 e. The molecule has 2 aromatic rings. The predicted molar refractivity (Wildman–Crippen MR) is 82.8 cm³/mol. The minimum atomic E-state index is 0.548. The molecule has 1 aliphatic heterocycles. The standard InChI is InChI=1S/C17H21N3/c1-12-9-17(16(10-18)13(2)19-12)20-8-7-14-5-3-4-6-15(14)11-20/h3-6,9H,7-8,10-11,18H2,1-2H3. The molecule has 3 nitrogen and oxygen atoms in total. The van der Waals surface area contributed by atoms with Crippen LogP contribution in [-0.4, -0.2) is 11.5 Å². The third kappa shape index (κ3) is 2.29. The van der Waals surface area contributed by atoms with Gasteiger partial charge in [0.05, 0.1) is 0 Å². The summed E-state index contributed by atoms with van der Waals surface area (Å²) in [6.45, 7) is 6.66. The van der Waals surface area contributed by atoms with E-state index in [1.807, 2.05) is 0 Å². The van der Waals surface area contributed by atoms with Gasteiger partial charge < -0.3 is 10.6 Å². The molecular formula is C17H21N3. The summed E-state index contributed by atoms with van der Waals surface area (Å²) in [5.41, 5.74) is 13.4. The van der Waals surface area contributed by atoms with Crippen molar-refractivity contribution in [2.45, 2.75) is 33.4 Å². The van der Waals surface area contributed by atoms with Crippen LogP contribution in [0.2, 0.25) is 0 Å². The zero-order valence-corrected chi connectivity index (χ0v) is 12.2. The van der Waals surface area contributed by atoms with Gasteiger partial charge in [-0.25, -0.2) is 0 Å². The van der Waals surface area contributed by atoms with Gasteiger partial charge in [0.25, 0.3) is 0 Å². The third-order valence-corrected chi connectivity index (χ3v) is 4.11. The van der Waals surface area contributed by atoms with Crippen LogP contribution in [0.4, 0.5) is 5.69 Å². The van der Waals surface area contributed by atoms with Crippen molar-refractivity contribution in [3.05, 3.63) is 58.4 Å². The molecule has 1 aromatic carbocycles. The highest BCUT2D eigenvalue weighted by Crippen LogP contribution is 2.29. The van der Waals surface area contributed by atoms with Crippen molar-refractivity contribution in [1.29, 1.82) is 0 Å². The van der Waals surface area contributed by atoms with Gasteiger partial charge in [-0.3, -0.25) is 4.98 Å². The summed E-state index contributed by atoms with van der Waals surface area (Å²) in [6, 6.07) is 10.9. The predicted octanol–water partition coefficient (Wildman–Crippen LogP) is 2.72. The van der Waals surface area contributed by atoms with Crippen molar-refractivity contribution in [1.82, 2.24) is 4.98 Å². The van der Waals surface area contributed by atoms with Crippen LogP contribution in [0.5, 0.6) is 0 Å². The number of nitrogens with zero attached hydrogens (tertiary/aromatic N) is 2. The molecule has 3 heteroatoms. The number of fused-ring (bicyclic) bond motifs is 1. The van der Waals surface area contributed by atoms with Crippen LogP contribution in [0.25, 0.3) is 0 Å². The topological polar surface area (TPSA) is 42.1 Å². The lowest BCUT2D eigenvalue weighted by molar-refractivity contribution is 0.723. The SMILES string of the molecule is Cc1cc(N2CCc3ccccc3C2)c(CN)c(C)n1. The van der Waals surface area contributed by atoms with Gasteiger partial charge in [-0.1, -0.05) is 24.3 Å². The second-order valence-corrected chi connectivity index (χ2v) is 5.49. The van der Waals surface area contributed by atoms with E-state index in [4.69, 9.17) is 5.73 Å². The molecule has 20 heavy (non-hydrogen) atoms. The van der Waals surface area contributed by atoms with Gasteiger partial charge in [0, 0.05) is 42.3 Å². The van der Waals surface area contributed by atoms with Gasteiger partial charge in [0.1, 0.15) is 0 Å². The molecular weight excluding hydrogens is 246 g/mol. The van der Waals surface area contributed by atoms with E-state index >= 15 is 0 Å². The van der Waals surface area contributed by atoms with Crippen LogP contribution in [0.15, 0.2) is 30.3 Å². The number of hydrogen-bond acceptors (Lipinski definition) is 3. The Hall–Kier alpha value is -1.87. The molecule has 0 saturated carbocycles. The Labute approximate surface area is 120 Å². The van der Waals surface area contributed by atoms with Crippen LogP contribution < -0.4 is 10.6 Å². The van der Waals surface area contributed by atoms with E-state index in [-0.39, 0.29) is 0 Å². The van der Waals surface area contributed by atoms with Gasteiger partial charge >= 0.3 is 0 Å². The molecule has 0 radical (unpaired) electrons. The van der Waals surface area contributed by atoms with Crippen molar-refractivity contribution in [3.63, 3.8) is 0 Å². The first kappa shape index (κ1) is 13.1. The maximum atomic E-state index is 5.94. The molecule has 0 atom stereocenters. The highest BCUT2D eigenvalue weighted by atomic mass is 15.1. The minimum absolute atomic E-state index is 0.548. The fourth-order valence-electron chi connectivity index (χ4n) is 3.07. The summed E-state index contributed by atoms with van der Waals surface area (Å²) in [5, 5.41) is 0. The zero-order chi connectivity index (χ0) is 14.1. The number of nitrogens with two attached hydrogens (primary N) is 1. The Balaban J connectivity index is 1.99. The highest BCUT2D eigenvalue weighted by Gasteiger charge is 2.19. The number of rotatable bonds is 2. The Morgan fingerprint density at radius 2 is 1.95 bits per heavy atom. The lowest BCUT2D eigenvalue weighted by Gasteiger charge is -2.32. The number of benzene rings is 1. The quantitative estimate of drug-likeness (QED) is 0.909. The number of hydrogen-bond donors (Lipinski definition) is 1. The van der Waals surface area contributed by atoms with E-state index in [1.54, 1.807) is 0 Å². The molecule has 2 heterocycles. The number of anilines is 1. The Kier molecular flexibility index (Phi) is 3.45. The molecule has 3 rings (SSSR count). The lowest BCUT2D eigenvalue weighted by atomic mass is 9.98. The molecule has 0 bridgehead atoms. The second-order valence-electron chi connectivity index (χ2n) is 5.49. The Morgan fingerprint density at radius 3 is 2.70 bits per heavy atom. The van der Waals surface area contributed by atoms with E-state index in [0.717, 1.165) is 30.9 Å². The highest BCUT2D eigenvalue weighted by molar-refractivity contribution is 5.57. The first-order valence-electron chi connectivity index (χ1n) is 7.18. The first-order chi connectivity index (χ1) is 9.69. The van der Waals surface area contributed by atoms with Crippen LogP contribution in [0.3, 0.4) is 0 Å².